The maximum atomic E-state index is 12.8. The van der Waals surface area contributed by atoms with Gasteiger partial charge >= 0.3 is 0 Å². The first-order chi connectivity index (χ1) is 11.4. The van der Waals surface area contributed by atoms with Gasteiger partial charge in [0.05, 0.1) is 4.90 Å². The molecule has 2 fully saturated rings. The van der Waals surface area contributed by atoms with Gasteiger partial charge in [0.25, 0.3) is 5.91 Å². The fourth-order valence-electron chi connectivity index (χ4n) is 3.82. The topological polar surface area (TPSA) is 57.7 Å². The molecule has 0 aliphatic carbocycles. The smallest absolute Gasteiger partial charge is 0.254 e. The van der Waals surface area contributed by atoms with Crippen molar-refractivity contribution in [2.24, 2.45) is 0 Å². The number of sulfonamides is 1. The van der Waals surface area contributed by atoms with Crippen LogP contribution in [0.5, 0.6) is 0 Å². The lowest BCUT2D eigenvalue weighted by Crippen LogP contribution is -2.47. The molecular formula is C18H26N2O3S. The van der Waals surface area contributed by atoms with E-state index in [-0.39, 0.29) is 22.9 Å². The molecule has 2 aliphatic rings. The second kappa shape index (κ2) is 6.84. The number of piperidine rings is 1. The molecule has 0 spiro atoms. The summed E-state index contributed by atoms with van der Waals surface area (Å²) in [5.41, 5.74) is 0.566. The summed E-state index contributed by atoms with van der Waals surface area (Å²) in [4.78, 5) is 15.0. The highest BCUT2D eigenvalue weighted by atomic mass is 32.2. The predicted molar refractivity (Wildman–Crippen MR) is 93.4 cm³/mol. The van der Waals surface area contributed by atoms with Crippen molar-refractivity contribution < 1.29 is 13.2 Å². The molecule has 3 rings (SSSR count). The molecule has 0 saturated carbocycles. The number of carbonyl (C=O) groups is 1. The van der Waals surface area contributed by atoms with Crippen LogP contribution in [0, 0.1) is 0 Å². The predicted octanol–water partition coefficient (Wildman–Crippen LogP) is 2.87. The van der Waals surface area contributed by atoms with Gasteiger partial charge in [-0.15, -0.1) is 0 Å². The second-order valence-electron chi connectivity index (χ2n) is 6.98. The highest BCUT2D eigenvalue weighted by Gasteiger charge is 2.30. The molecule has 24 heavy (non-hydrogen) atoms. The number of hydrogen-bond donors (Lipinski definition) is 0. The largest absolute Gasteiger partial charge is 0.333 e. The highest BCUT2D eigenvalue weighted by Crippen LogP contribution is 2.26. The van der Waals surface area contributed by atoms with E-state index in [9.17, 15) is 13.2 Å². The standard InChI is InChI=1S/C18H26N2O3S/c1-14-6-5-7-15(2)20(14)18(21)16-8-10-17(11-9-16)24(22,23)19-12-3-4-13-19/h8-11,14-15H,3-7,12-13H2,1-2H3/t14-,15+. The minimum atomic E-state index is -3.42. The Morgan fingerprint density at radius 2 is 1.50 bits per heavy atom. The lowest BCUT2D eigenvalue weighted by Gasteiger charge is -2.39. The van der Waals surface area contributed by atoms with Gasteiger partial charge in [-0.25, -0.2) is 8.42 Å². The van der Waals surface area contributed by atoms with Gasteiger partial charge in [-0.05, 0) is 70.2 Å². The fraction of sp³-hybridized carbons (Fsp3) is 0.611. The zero-order chi connectivity index (χ0) is 17.3. The third kappa shape index (κ3) is 3.22. The lowest BCUT2D eigenvalue weighted by molar-refractivity contribution is 0.0510. The maximum absolute atomic E-state index is 12.8. The first-order valence-corrected chi connectivity index (χ1v) is 10.3. The van der Waals surface area contributed by atoms with Crippen LogP contribution < -0.4 is 0 Å². The first-order valence-electron chi connectivity index (χ1n) is 8.84. The molecule has 2 aliphatic heterocycles. The fourth-order valence-corrected chi connectivity index (χ4v) is 5.33. The summed E-state index contributed by atoms with van der Waals surface area (Å²) in [7, 11) is -3.42. The van der Waals surface area contributed by atoms with E-state index in [0.29, 0.717) is 18.7 Å². The minimum Gasteiger partial charge on any atom is -0.333 e. The SMILES string of the molecule is C[C@@H]1CCC[C@H](C)N1C(=O)c1ccc(S(=O)(=O)N2CCCC2)cc1. The van der Waals surface area contributed by atoms with Crippen LogP contribution >= 0.6 is 0 Å². The number of amides is 1. The quantitative estimate of drug-likeness (QED) is 0.842. The van der Waals surface area contributed by atoms with Crippen molar-refractivity contribution in [1.29, 1.82) is 0 Å². The number of nitrogens with zero attached hydrogens (tertiary/aromatic N) is 2. The molecule has 1 aromatic carbocycles. The Balaban J connectivity index is 1.80. The van der Waals surface area contributed by atoms with Crippen LogP contribution in [0.2, 0.25) is 0 Å². The molecular weight excluding hydrogens is 324 g/mol. The van der Waals surface area contributed by atoms with Crippen LogP contribution in [0.1, 0.15) is 56.3 Å². The number of rotatable bonds is 3. The van der Waals surface area contributed by atoms with Gasteiger partial charge in [0, 0.05) is 30.7 Å². The van der Waals surface area contributed by atoms with E-state index in [1.165, 1.54) is 4.31 Å². The van der Waals surface area contributed by atoms with Crippen LogP contribution in [0.15, 0.2) is 29.2 Å². The average Bonchev–Trinajstić information content (AvgIpc) is 3.10. The van der Waals surface area contributed by atoms with Gasteiger partial charge in [0.15, 0.2) is 0 Å². The number of benzene rings is 1. The molecule has 5 nitrogen and oxygen atoms in total. The molecule has 0 N–H and O–H groups in total. The molecule has 0 radical (unpaired) electrons. The van der Waals surface area contributed by atoms with Crippen molar-refractivity contribution in [3.63, 3.8) is 0 Å². The Labute approximate surface area is 144 Å². The minimum absolute atomic E-state index is 0.000166. The van der Waals surface area contributed by atoms with Crippen LogP contribution in [-0.4, -0.2) is 48.7 Å². The van der Waals surface area contributed by atoms with Crippen molar-refractivity contribution in [2.45, 2.75) is 62.9 Å². The summed E-state index contributed by atoms with van der Waals surface area (Å²) in [6, 6.07) is 6.91. The zero-order valence-corrected chi connectivity index (χ0v) is 15.3. The Kier molecular flexibility index (Phi) is 4.97. The van der Waals surface area contributed by atoms with Crippen molar-refractivity contribution in [1.82, 2.24) is 9.21 Å². The Hall–Kier alpha value is -1.40. The van der Waals surface area contributed by atoms with Crippen LogP contribution in [0.3, 0.4) is 0 Å². The normalized spacial score (nSPS) is 25.8. The molecule has 1 aromatic rings. The van der Waals surface area contributed by atoms with E-state index in [1.807, 2.05) is 4.90 Å². The van der Waals surface area contributed by atoms with Crippen LogP contribution in [-0.2, 0) is 10.0 Å². The first kappa shape index (κ1) is 17.4. The van der Waals surface area contributed by atoms with Crippen molar-refractivity contribution in [3.8, 4) is 0 Å². The summed E-state index contributed by atoms with van der Waals surface area (Å²) in [5, 5.41) is 0. The van der Waals surface area contributed by atoms with Gasteiger partial charge in [-0.1, -0.05) is 0 Å². The molecule has 2 saturated heterocycles. The molecule has 1 amide bonds. The molecule has 6 heteroatoms. The van der Waals surface area contributed by atoms with Gasteiger partial charge in [-0.2, -0.15) is 4.31 Å². The van der Waals surface area contributed by atoms with Crippen molar-refractivity contribution >= 4 is 15.9 Å². The summed E-state index contributed by atoms with van der Waals surface area (Å²) in [5.74, 6) is -0.000166. The molecule has 0 unspecified atom stereocenters. The molecule has 0 aromatic heterocycles. The van der Waals surface area contributed by atoms with Crippen molar-refractivity contribution in [3.05, 3.63) is 29.8 Å². The summed E-state index contributed by atoms with van der Waals surface area (Å²) in [6.45, 7) is 5.34. The zero-order valence-electron chi connectivity index (χ0n) is 14.4. The van der Waals surface area contributed by atoms with Gasteiger partial charge in [-0.3, -0.25) is 4.79 Å². The lowest BCUT2D eigenvalue weighted by atomic mass is 9.96. The van der Waals surface area contributed by atoms with Gasteiger partial charge in [0.2, 0.25) is 10.0 Å². The van der Waals surface area contributed by atoms with E-state index in [4.69, 9.17) is 0 Å². The average molecular weight is 350 g/mol. The molecule has 2 atom stereocenters. The Morgan fingerprint density at radius 1 is 0.958 bits per heavy atom. The van der Waals surface area contributed by atoms with E-state index < -0.39 is 10.0 Å². The monoisotopic (exact) mass is 350 g/mol. The third-order valence-electron chi connectivity index (χ3n) is 5.23. The van der Waals surface area contributed by atoms with Crippen molar-refractivity contribution in [2.75, 3.05) is 13.1 Å². The number of carbonyl (C=O) groups excluding carboxylic acids is 1. The summed E-state index contributed by atoms with van der Waals surface area (Å²) < 4.78 is 26.6. The van der Waals surface area contributed by atoms with E-state index in [0.717, 1.165) is 32.1 Å². The van der Waals surface area contributed by atoms with E-state index in [2.05, 4.69) is 13.8 Å². The summed E-state index contributed by atoms with van der Waals surface area (Å²) >= 11 is 0. The Bertz CT molecular complexity index is 683. The molecule has 2 heterocycles. The third-order valence-corrected chi connectivity index (χ3v) is 7.14. The Morgan fingerprint density at radius 3 is 2.04 bits per heavy atom. The maximum Gasteiger partial charge on any atom is 0.254 e. The molecule has 132 valence electrons. The van der Waals surface area contributed by atoms with Crippen LogP contribution in [0.25, 0.3) is 0 Å². The van der Waals surface area contributed by atoms with E-state index in [1.54, 1.807) is 24.3 Å². The van der Waals surface area contributed by atoms with E-state index >= 15 is 0 Å². The van der Waals surface area contributed by atoms with Gasteiger partial charge in [0.1, 0.15) is 0 Å². The second-order valence-corrected chi connectivity index (χ2v) is 8.91. The highest BCUT2D eigenvalue weighted by molar-refractivity contribution is 7.89. The van der Waals surface area contributed by atoms with Crippen LogP contribution in [0.4, 0.5) is 0 Å². The number of likely N-dealkylation sites (tertiary alicyclic amines) is 1. The summed E-state index contributed by atoms with van der Waals surface area (Å²) in [6.07, 6.45) is 5.04. The van der Waals surface area contributed by atoms with Gasteiger partial charge < -0.3 is 4.90 Å². The number of hydrogen-bond acceptors (Lipinski definition) is 3. The molecule has 0 bridgehead atoms.